The minimum atomic E-state index is 0.247. The minimum absolute atomic E-state index is 0.247. The maximum absolute atomic E-state index is 5.53. The maximum Gasteiger partial charge on any atom is 0.250 e. The van der Waals surface area contributed by atoms with Gasteiger partial charge in [0.1, 0.15) is 11.5 Å². The highest BCUT2D eigenvalue weighted by molar-refractivity contribution is 6.16. The van der Waals surface area contributed by atoms with Crippen LogP contribution >= 0.6 is 11.6 Å². The van der Waals surface area contributed by atoms with Gasteiger partial charge < -0.3 is 8.94 Å². The second-order valence-electron chi connectivity index (χ2n) is 2.96. The van der Waals surface area contributed by atoms with E-state index in [4.69, 9.17) is 20.5 Å². The van der Waals surface area contributed by atoms with Crippen molar-refractivity contribution in [3.63, 3.8) is 0 Å². The van der Waals surface area contributed by atoms with Gasteiger partial charge >= 0.3 is 0 Å². The van der Waals surface area contributed by atoms with Gasteiger partial charge in [-0.3, -0.25) is 0 Å². The predicted octanol–water partition coefficient (Wildman–Crippen LogP) is 2.88. The smallest absolute Gasteiger partial charge is 0.250 e. The molecule has 0 bridgehead atoms. The number of furan rings is 1. The molecule has 0 saturated heterocycles. The second kappa shape index (κ2) is 4.31. The molecular formula is C10H9ClN2O2. The Morgan fingerprint density at radius 1 is 1.40 bits per heavy atom. The first-order valence-electron chi connectivity index (χ1n) is 4.41. The average Bonchev–Trinajstić information content (AvgIpc) is 2.83. The Balaban J connectivity index is 2.11. The van der Waals surface area contributed by atoms with Gasteiger partial charge in [0, 0.05) is 6.08 Å². The molecule has 0 spiro atoms. The van der Waals surface area contributed by atoms with Gasteiger partial charge in [-0.15, -0.1) is 11.6 Å². The first kappa shape index (κ1) is 9.98. The number of halogens is 1. The SMILES string of the molecule is Cc1ccc(/C=C/c2nc(CCl)no2)o1. The molecule has 2 heterocycles. The number of hydrogen-bond donors (Lipinski definition) is 0. The van der Waals surface area contributed by atoms with Crippen LogP contribution in [0.4, 0.5) is 0 Å². The molecule has 0 aromatic carbocycles. The molecule has 4 nitrogen and oxygen atoms in total. The Labute approximate surface area is 91.5 Å². The highest BCUT2D eigenvalue weighted by Gasteiger charge is 2.01. The maximum atomic E-state index is 5.53. The molecule has 2 rings (SSSR count). The lowest BCUT2D eigenvalue weighted by Crippen LogP contribution is -1.78. The van der Waals surface area contributed by atoms with E-state index in [1.54, 1.807) is 12.2 Å². The van der Waals surface area contributed by atoms with Gasteiger partial charge in [0.2, 0.25) is 0 Å². The molecule has 0 amide bonds. The summed E-state index contributed by atoms with van der Waals surface area (Å²) in [5, 5.41) is 3.65. The quantitative estimate of drug-likeness (QED) is 0.753. The normalized spacial score (nSPS) is 11.3. The lowest BCUT2D eigenvalue weighted by molar-refractivity contribution is 0.405. The summed E-state index contributed by atoms with van der Waals surface area (Å²) in [6.45, 7) is 1.88. The van der Waals surface area contributed by atoms with Gasteiger partial charge in [-0.1, -0.05) is 5.16 Å². The minimum Gasteiger partial charge on any atom is -0.462 e. The van der Waals surface area contributed by atoms with Crippen molar-refractivity contribution in [2.45, 2.75) is 12.8 Å². The molecular weight excluding hydrogens is 216 g/mol. The molecule has 0 N–H and O–H groups in total. The molecule has 0 fully saturated rings. The topological polar surface area (TPSA) is 52.1 Å². The molecule has 0 unspecified atom stereocenters. The largest absolute Gasteiger partial charge is 0.462 e. The van der Waals surface area contributed by atoms with E-state index < -0.39 is 0 Å². The molecule has 2 aromatic heterocycles. The summed E-state index contributed by atoms with van der Waals surface area (Å²) in [4.78, 5) is 4.01. The lowest BCUT2D eigenvalue weighted by atomic mass is 10.4. The van der Waals surface area contributed by atoms with E-state index in [0.29, 0.717) is 11.7 Å². The number of rotatable bonds is 3. The first-order chi connectivity index (χ1) is 7.28. The van der Waals surface area contributed by atoms with E-state index in [1.807, 2.05) is 19.1 Å². The fourth-order valence-corrected chi connectivity index (χ4v) is 1.19. The molecule has 78 valence electrons. The van der Waals surface area contributed by atoms with Crippen LogP contribution < -0.4 is 0 Å². The van der Waals surface area contributed by atoms with E-state index in [1.165, 1.54) is 0 Å². The average molecular weight is 225 g/mol. The van der Waals surface area contributed by atoms with Crippen LogP contribution in [-0.2, 0) is 5.88 Å². The van der Waals surface area contributed by atoms with Gasteiger partial charge in [0.15, 0.2) is 5.82 Å². The van der Waals surface area contributed by atoms with Crippen molar-refractivity contribution < 1.29 is 8.94 Å². The van der Waals surface area contributed by atoms with E-state index >= 15 is 0 Å². The third-order valence-electron chi connectivity index (χ3n) is 1.75. The van der Waals surface area contributed by atoms with E-state index in [2.05, 4.69) is 10.1 Å². The summed E-state index contributed by atoms with van der Waals surface area (Å²) in [5.74, 6) is 2.75. The van der Waals surface area contributed by atoms with Gasteiger partial charge in [-0.05, 0) is 25.1 Å². The Morgan fingerprint density at radius 3 is 2.87 bits per heavy atom. The highest BCUT2D eigenvalue weighted by Crippen LogP contribution is 2.10. The fourth-order valence-electron chi connectivity index (χ4n) is 1.09. The predicted molar refractivity (Wildman–Crippen MR) is 56.2 cm³/mol. The van der Waals surface area contributed by atoms with Crippen molar-refractivity contribution >= 4 is 23.8 Å². The number of alkyl halides is 1. The van der Waals surface area contributed by atoms with Crippen molar-refractivity contribution in [2.75, 3.05) is 0 Å². The van der Waals surface area contributed by atoms with Crippen LogP contribution in [0.2, 0.25) is 0 Å². The van der Waals surface area contributed by atoms with Crippen molar-refractivity contribution in [2.24, 2.45) is 0 Å². The zero-order valence-electron chi connectivity index (χ0n) is 8.11. The summed E-state index contributed by atoms with van der Waals surface area (Å²) in [5.41, 5.74) is 0. The highest BCUT2D eigenvalue weighted by atomic mass is 35.5. The van der Waals surface area contributed by atoms with Gasteiger partial charge in [0.05, 0.1) is 5.88 Å². The molecule has 15 heavy (non-hydrogen) atoms. The molecule has 0 atom stereocenters. The van der Waals surface area contributed by atoms with Crippen molar-refractivity contribution in [3.05, 3.63) is 35.4 Å². The number of aryl methyl sites for hydroxylation is 1. The van der Waals surface area contributed by atoms with E-state index in [-0.39, 0.29) is 5.88 Å². The zero-order chi connectivity index (χ0) is 10.7. The number of hydrogen-bond acceptors (Lipinski definition) is 4. The standard InChI is InChI=1S/C10H9ClN2O2/c1-7-2-3-8(14-7)4-5-10-12-9(6-11)13-15-10/h2-5H,6H2,1H3/b5-4+. The summed E-state index contributed by atoms with van der Waals surface area (Å²) in [7, 11) is 0. The lowest BCUT2D eigenvalue weighted by Gasteiger charge is -1.82. The molecule has 5 heteroatoms. The summed E-state index contributed by atoms with van der Waals surface area (Å²) in [6, 6.07) is 3.75. The van der Waals surface area contributed by atoms with Crippen molar-refractivity contribution in [3.8, 4) is 0 Å². The van der Waals surface area contributed by atoms with Crippen LogP contribution in [0.15, 0.2) is 21.1 Å². The van der Waals surface area contributed by atoms with Crippen LogP contribution in [0.25, 0.3) is 12.2 Å². The summed E-state index contributed by atoms with van der Waals surface area (Å²) >= 11 is 5.53. The van der Waals surface area contributed by atoms with Crippen LogP contribution in [0.3, 0.4) is 0 Å². The molecule has 0 aliphatic rings. The number of aromatic nitrogens is 2. The monoisotopic (exact) mass is 224 g/mol. The van der Waals surface area contributed by atoms with Crippen LogP contribution in [0, 0.1) is 6.92 Å². The fraction of sp³-hybridized carbons (Fsp3) is 0.200. The van der Waals surface area contributed by atoms with Crippen LogP contribution in [0.1, 0.15) is 23.2 Å². The van der Waals surface area contributed by atoms with E-state index in [9.17, 15) is 0 Å². The van der Waals surface area contributed by atoms with Gasteiger partial charge in [-0.2, -0.15) is 4.98 Å². The first-order valence-corrected chi connectivity index (χ1v) is 4.94. The molecule has 0 aliphatic heterocycles. The third kappa shape index (κ3) is 2.47. The summed E-state index contributed by atoms with van der Waals surface area (Å²) in [6.07, 6.45) is 3.44. The molecule has 2 aromatic rings. The summed E-state index contributed by atoms with van der Waals surface area (Å²) < 4.78 is 10.2. The van der Waals surface area contributed by atoms with E-state index in [0.717, 1.165) is 11.5 Å². The van der Waals surface area contributed by atoms with Crippen LogP contribution in [-0.4, -0.2) is 10.1 Å². The number of nitrogens with zero attached hydrogens (tertiary/aromatic N) is 2. The van der Waals surface area contributed by atoms with Crippen molar-refractivity contribution in [1.29, 1.82) is 0 Å². The van der Waals surface area contributed by atoms with Crippen molar-refractivity contribution in [1.82, 2.24) is 10.1 Å². The van der Waals surface area contributed by atoms with Crippen LogP contribution in [0.5, 0.6) is 0 Å². The molecule has 0 radical (unpaired) electrons. The Bertz CT molecular complexity index is 473. The second-order valence-corrected chi connectivity index (χ2v) is 3.23. The van der Waals surface area contributed by atoms with Gasteiger partial charge in [-0.25, -0.2) is 0 Å². The third-order valence-corrected chi connectivity index (χ3v) is 1.99. The Morgan fingerprint density at radius 2 is 2.27 bits per heavy atom. The van der Waals surface area contributed by atoms with Gasteiger partial charge in [0.25, 0.3) is 5.89 Å². The zero-order valence-corrected chi connectivity index (χ0v) is 8.86. The Hall–Kier alpha value is -1.55. The molecule has 0 aliphatic carbocycles. The Kier molecular flexibility index (Phi) is 2.87. The molecule has 0 saturated carbocycles.